The highest BCUT2D eigenvalue weighted by atomic mass is 16.5. The summed E-state index contributed by atoms with van der Waals surface area (Å²) in [6.45, 7) is 4.73. The summed E-state index contributed by atoms with van der Waals surface area (Å²) >= 11 is 0. The fourth-order valence-corrected chi connectivity index (χ4v) is 13.2. The molecule has 1 spiro atoms. The predicted molar refractivity (Wildman–Crippen MR) is 297 cm³/mol. The highest BCUT2D eigenvalue weighted by Gasteiger charge is 2.50. The van der Waals surface area contributed by atoms with Crippen molar-refractivity contribution in [2.75, 3.05) is 4.90 Å². The maximum absolute atomic E-state index is 6.65. The molecule has 2 heteroatoms. The van der Waals surface area contributed by atoms with Crippen molar-refractivity contribution >= 4 is 17.1 Å². The number of benzene rings is 11. The number of nitrogens with zero attached hydrogens (tertiary/aromatic N) is 1. The molecule has 0 saturated heterocycles. The van der Waals surface area contributed by atoms with E-state index in [9.17, 15) is 0 Å². The largest absolute Gasteiger partial charge is 0.456 e. The first kappa shape index (κ1) is 40.9. The van der Waals surface area contributed by atoms with Gasteiger partial charge >= 0.3 is 0 Å². The van der Waals surface area contributed by atoms with Gasteiger partial charge in [-0.05, 0) is 149 Å². The Bertz CT molecular complexity index is 4000. The number of para-hydroxylation sites is 2. The Morgan fingerprint density at radius 3 is 1.31 bits per heavy atom. The van der Waals surface area contributed by atoms with Crippen molar-refractivity contribution in [3.63, 3.8) is 0 Å². The average Bonchev–Trinajstić information content (AvgIpc) is 3.76. The zero-order valence-electron chi connectivity index (χ0n) is 40.0. The van der Waals surface area contributed by atoms with E-state index in [1.807, 2.05) is 0 Å². The number of fused-ring (bicyclic) bond motifs is 20. The van der Waals surface area contributed by atoms with Crippen LogP contribution in [0.1, 0.15) is 47.2 Å². The van der Waals surface area contributed by atoms with Crippen LogP contribution in [0.4, 0.5) is 17.1 Å². The first-order chi connectivity index (χ1) is 35.5. The van der Waals surface area contributed by atoms with E-state index in [-0.39, 0.29) is 5.41 Å². The number of ether oxygens (including phenoxy) is 1. The van der Waals surface area contributed by atoms with Gasteiger partial charge in [0.25, 0.3) is 0 Å². The first-order valence-electron chi connectivity index (χ1n) is 25.2. The molecule has 0 N–H and O–H groups in total. The third-order valence-corrected chi connectivity index (χ3v) is 16.3. The number of rotatable bonds is 4. The lowest BCUT2D eigenvalue weighted by molar-refractivity contribution is 0.488. The highest BCUT2D eigenvalue weighted by Crippen LogP contribution is 2.63. The van der Waals surface area contributed by atoms with Gasteiger partial charge in [0.1, 0.15) is 11.5 Å². The topological polar surface area (TPSA) is 12.5 Å². The van der Waals surface area contributed by atoms with Gasteiger partial charge in [-0.1, -0.05) is 214 Å². The molecule has 0 bridgehead atoms. The summed E-state index contributed by atoms with van der Waals surface area (Å²) in [6.07, 6.45) is 0. The lowest BCUT2D eigenvalue weighted by Crippen LogP contribution is -2.29. The number of hydrogen-bond acceptors (Lipinski definition) is 2. The van der Waals surface area contributed by atoms with Crippen LogP contribution in [0.3, 0.4) is 0 Å². The monoisotopic (exact) mass is 917 g/mol. The summed E-state index contributed by atoms with van der Waals surface area (Å²) < 4.78 is 6.65. The standard InChI is InChI=1S/C70H47NO/c1-69(2)60-27-11-5-22-54(60)55-41-39-47(43-65(55)69)71(46-38-40-51-56-23-9-15-32-66(56)72-67-33-16-10-24-57(67)59(51)42-46)45-36-34-44(35-37-45)48-26-17-31-64-68(48)58-25-8-14-30-63(58)70(64)61-28-12-6-20-52(61)49-18-3-4-19-50(49)53-21-7-13-29-62(53)70/h3-43H,1-2H3. The van der Waals surface area contributed by atoms with Gasteiger partial charge in [-0.3, -0.25) is 0 Å². The molecule has 1 aliphatic heterocycles. The van der Waals surface area contributed by atoms with E-state index in [2.05, 4.69) is 267 Å². The summed E-state index contributed by atoms with van der Waals surface area (Å²) in [4.78, 5) is 2.44. The smallest absolute Gasteiger partial charge is 0.135 e. The number of hydrogen-bond donors (Lipinski definition) is 0. The lowest BCUT2D eigenvalue weighted by Gasteiger charge is -2.35. The van der Waals surface area contributed by atoms with Crippen LogP contribution < -0.4 is 9.64 Å². The molecule has 0 fully saturated rings. The molecule has 0 saturated carbocycles. The lowest BCUT2D eigenvalue weighted by atomic mass is 9.66. The van der Waals surface area contributed by atoms with Gasteiger partial charge < -0.3 is 9.64 Å². The molecule has 11 aromatic carbocycles. The molecule has 2 nitrogen and oxygen atoms in total. The Labute approximate surface area is 420 Å². The molecule has 338 valence electrons. The molecule has 3 aliphatic carbocycles. The normalized spacial score (nSPS) is 14.0. The Hall–Kier alpha value is -8.98. The van der Waals surface area contributed by atoms with Crippen LogP contribution in [0.2, 0.25) is 0 Å². The van der Waals surface area contributed by atoms with Crippen LogP contribution in [0.5, 0.6) is 11.5 Å². The van der Waals surface area contributed by atoms with E-state index in [1.165, 1.54) is 89.0 Å². The van der Waals surface area contributed by atoms with Crippen LogP contribution in [-0.4, -0.2) is 0 Å². The third-order valence-electron chi connectivity index (χ3n) is 16.3. The quantitative estimate of drug-likeness (QED) is 0.174. The van der Waals surface area contributed by atoms with Crippen LogP contribution >= 0.6 is 0 Å². The van der Waals surface area contributed by atoms with Gasteiger partial charge in [-0.25, -0.2) is 0 Å². The zero-order chi connectivity index (χ0) is 47.7. The summed E-state index contributed by atoms with van der Waals surface area (Å²) in [5.41, 5.74) is 27.7. The third kappa shape index (κ3) is 5.61. The number of anilines is 3. The Morgan fingerprint density at radius 2 is 0.681 bits per heavy atom. The van der Waals surface area contributed by atoms with E-state index in [1.54, 1.807) is 0 Å². The maximum Gasteiger partial charge on any atom is 0.135 e. The molecular weight excluding hydrogens is 871 g/mol. The molecular formula is C70H47NO. The van der Waals surface area contributed by atoms with E-state index in [0.717, 1.165) is 50.8 Å². The Morgan fingerprint density at radius 1 is 0.278 bits per heavy atom. The van der Waals surface area contributed by atoms with Crippen molar-refractivity contribution in [1.82, 2.24) is 0 Å². The molecule has 1 heterocycles. The van der Waals surface area contributed by atoms with Gasteiger partial charge in [-0.2, -0.15) is 0 Å². The van der Waals surface area contributed by atoms with Gasteiger partial charge in [0, 0.05) is 33.6 Å². The van der Waals surface area contributed by atoms with E-state index in [4.69, 9.17) is 4.74 Å². The SMILES string of the molecule is CC1(C)c2ccccc2-c2ccc(N(c3ccc(-c4cccc5c4-c4ccccc4C54c5ccccc5-c5ccccc5-c5ccccc54)cc3)c3ccc4c(c3)-c3ccccc3Oc3ccccc3-4)cc21. The molecule has 0 unspecified atom stereocenters. The zero-order valence-corrected chi connectivity index (χ0v) is 40.0. The van der Waals surface area contributed by atoms with Crippen LogP contribution in [0.25, 0.3) is 77.9 Å². The fraction of sp³-hybridized carbons (Fsp3) is 0.0571. The van der Waals surface area contributed by atoms with Crippen LogP contribution in [0, 0.1) is 0 Å². The minimum atomic E-state index is -0.540. The molecule has 0 radical (unpaired) electrons. The van der Waals surface area contributed by atoms with Gasteiger partial charge in [-0.15, -0.1) is 0 Å². The van der Waals surface area contributed by atoms with Crippen molar-refractivity contribution < 1.29 is 4.74 Å². The summed E-state index contributed by atoms with van der Waals surface area (Å²) in [7, 11) is 0. The van der Waals surface area contributed by atoms with Gasteiger partial charge in [0.05, 0.1) is 5.41 Å². The Kier molecular flexibility index (Phi) is 8.66. The summed E-state index contributed by atoms with van der Waals surface area (Å²) in [6, 6.07) is 92.4. The van der Waals surface area contributed by atoms with E-state index in [0.29, 0.717) is 0 Å². The minimum absolute atomic E-state index is 0.159. The van der Waals surface area contributed by atoms with E-state index >= 15 is 0 Å². The minimum Gasteiger partial charge on any atom is -0.456 e. The molecule has 0 atom stereocenters. The second kappa shape index (κ2) is 15.3. The first-order valence-corrected chi connectivity index (χ1v) is 25.2. The van der Waals surface area contributed by atoms with Crippen molar-refractivity contribution in [3.05, 3.63) is 282 Å². The molecule has 4 aliphatic rings. The predicted octanol–water partition coefficient (Wildman–Crippen LogP) is 18.6. The molecule has 0 amide bonds. The highest BCUT2D eigenvalue weighted by molar-refractivity contribution is 6.01. The second-order valence-electron chi connectivity index (χ2n) is 20.3. The summed E-state index contributed by atoms with van der Waals surface area (Å²) in [5.74, 6) is 1.72. The van der Waals surface area contributed by atoms with Crippen LogP contribution in [0.15, 0.2) is 249 Å². The molecule has 11 aromatic rings. The van der Waals surface area contributed by atoms with Crippen molar-refractivity contribution in [2.45, 2.75) is 24.7 Å². The summed E-state index contributed by atoms with van der Waals surface area (Å²) in [5, 5.41) is 0. The maximum atomic E-state index is 6.65. The van der Waals surface area contributed by atoms with E-state index < -0.39 is 5.41 Å². The van der Waals surface area contributed by atoms with Crippen molar-refractivity contribution in [1.29, 1.82) is 0 Å². The Balaban J connectivity index is 0.924. The van der Waals surface area contributed by atoms with Crippen LogP contribution in [-0.2, 0) is 10.8 Å². The van der Waals surface area contributed by atoms with Gasteiger partial charge in [0.15, 0.2) is 0 Å². The molecule has 0 aromatic heterocycles. The molecule has 72 heavy (non-hydrogen) atoms. The average molecular weight is 918 g/mol. The van der Waals surface area contributed by atoms with Crippen molar-refractivity contribution in [2.24, 2.45) is 0 Å². The molecule has 15 rings (SSSR count). The fourth-order valence-electron chi connectivity index (χ4n) is 13.2. The van der Waals surface area contributed by atoms with Crippen molar-refractivity contribution in [3.8, 4) is 89.4 Å². The second-order valence-corrected chi connectivity index (χ2v) is 20.3. The van der Waals surface area contributed by atoms with Gasteiger partial charge in [0.2, 0.25) is 0 Å².